The molecule has 2 aromatic rings. The summed E-state index contributed by atoms with van der Waals surface area (Å²) in [6.45, 7) is 3.32. The number of nitrogens with zero attached hydrogens (tertiary/aromatic N) is 1. The molecule has 0 aliphatic heterocycles. The number of non-ortho nitro benzene ring substituents is 1. The predicted molar refractivity (Wildman–Crippen MR) is 94.6 cm³/mol. The molecule has 132 valence electrons. The number of carbonyl (C=O) groups is 1. The maximum Gasteiger partial charge on any atom is 0.273 e. The fourth-order valence-corrected chi connectivity index (χ4v) is 2.27. The van der Waals surface area contributed by atoms with Gasteiger partial charge in [0.25, 0.3) is 11.6 Å². The standard InChI is InChI=1S/C17H17ClN2O5/c1-10-13(18)5-4-6-14(10)19-17(21)11(2)25-16-9-12(20(22)23)7-8-15(16)24-3/h4-9,11H,1-3H3,(H,19,21)/t11-/m1/s1. The molecule has 0 aromatic heterocycles. The van der Waals surface area contributed by atoms with Crippen molar-refractivity contribution in [2.75, 3.05) is 12.4 Å². The highest BCUT2D eigenvalue weighted by molar-refractivity contribution is 6.31. The molecule has 0 fully saturated rings. The van der Waals surface area contributed by atoms with E-state index in [4.69, 9.17) is 21.1 Å². The molecule has 1 amide bonds. The number of halogens is 1. The number of rotatable bonds is 6. The molecule has 1 N–H and O–H groups in total. The van der Waals surface area contributed by atoms with Crippen LogP contribution >= 0.6 is 11.6 Å². The van der Waals surface area contributed by atoms with E-state index in [1.807, 2.05) is 0 Å². The van der Waals surface area contributed by atoms with E-state index in [1.54, 1.807) is 25.1 Å². The molecule has 1 atom stereocenters. The van der Waals surface area contributed by atoms with E-state index in [1.165, 1.54) is 32.2 Å². The molecule has 0 unspecified atom stereocenters. The average Bonchev–Trinajstić information content (AvgIpc) is 2.58. The lowest BCUT2D eigenvalue weighted by Gasteiger charge is -2.17. The first kappa shape index (κ1) is 18.5. The normalized spacial score (nSPS) is 11.5. The Morgan fingerprint density at radius 2 is 2.00 bits per heavy atom. The average molecular weight is 365 g/mol. The van der Waals surface area contributed by atoms with Gasteiger partial charge in [0.05, 0.1) is 18.1 Å². The van der Waals surface area contributed by atoms with E-state index >= 15 is 0 Å². The largest absolute Gasteiger partial charge is 0.493 e. The van der Waals surface area contributed by atoms with Crippen LogP contribution in [0.3, 0.4) is 0 Å². The first-order chi connectivity index (χ1) is 11.8. The van der Waals surface area contributed by atoms with Gasteiger partial charge in [-0.3, -0.25) is 14.9 Å². The molecule has 0 saturated heterocycles. The number of hydrogen-bond donors (Lipinski definition) is 1. The zero-order valence-electron chi connectivity index (χ0n) is 13.9. The second-order valence-corrected chi connectivity index (χ2v) is 5.66. The molecular weight excluding hydrogens is 348 g/mol. The van der Waals surface area contributed by atoms with Crippen LogP contribution in [0.25, 0.3) is 0 Å². The minimum absolute atomic E-state index is 0.113. The van der Waals surface area contributed by atoms with Crippen LogP contribution in [0.15, 0.2) is 36.4 Å². The summed E-state index contributed by atoms with van der Waals surface area (Å²) in [7, 11) is 1.41. The number of anilines is 1. The van der Waals surface area contributed by atoms with Gasteiger partial charge in [-0.1, -0.05) is 17.7 Å². The van der Waals surface area contributed by atoms with Crippen molar-refractivity contribution in [1.29, 1.82) is 0 Å². The van der Waals surface area contributed by atoms with Crippen molar-refractivity contribution in [3.05, 3.63) is 57.1 Å². The number of amides is 1. The van der Waals surface area contributed by atoms with Gasteiger partial charge in [-0.2, -0.15) is 0 Å². The molecule has 0 radical (unpaired) electrons. The molecular formula is C17H17ClN2O5. The number of nitro benzene ring substituents is 1. The Hall–Kier alpha value is -2.80. The zero-order chi connectivity index (χ0) is 18.6. The van der Waals surface area contributed by atoms with Gasteiger partial charge in [-0.15, -0.1) is 0 Å². The smallest absolute Gasteiger partial charge is 0.273 e. The Bertz CT molecular complexity index is 810. The Labute approximate surface area is 149 Å². The first-order valence-corrected chi connectivity index (χ1v) is 7.76. The summed E-state index contributed by atoms with van der Waals surface area (Å²) in [5, 5.41) is 14.2. The van der Waals surface area contributed by atoms with Crippen molar-refractivity contribution >= 4 is 28.9 Å². The summed E-state index contributed by atoms with van der Waals surface area (Å²) < 4.78 is 10.7. The van der Waals surface area contributed by atoms with Gasteiger partial charge in [-0.05, 0) is 37.6 Å². The maximum absolute atomic E-state index is 12.3. The SMILES string of the molecule is COc1ccc([N+](=O)[O-])cc1O[C@H](C)C(=O)Nc1cccc(Cl)c1C. The van der Waals surface area contributed by atoms with E-state index in [0.717, 1.165) is 5.56 Å². The summed E-state index contributed by atoms with van der Waals surface area (Å²) in [5.41, 5.74) is 1.14. The number of nitrogens with one attached hydrogen (secondary N) is 1. The van der Waals surface area contributed by atoms with E-state index < -0.39 is 16.9 Å². The monoisotopic (exact) mass is 364 g/mol. The fourth-order valence-electron chi connectivity index (χ4n) is 2.09. The Balaban J connectivity index is 2.17. The van der Waals surface area contributed by atoms with Gasteiger partial charge in [0, 0.05) is 16.8 Å². The number of hydrogen-bond acceptors (Lipinski definition) is 5. The Morgan fingerprint density at radius 3 is 2.64 bits per heavy atom. The third kappa shape index (κ3) is 4.39. The molecule has 7 nitrogen and oxygen atoms in total. The highest BCUT2D eigenvalue weighted by atomic mass is 35.5. The summed E-state index contributed by atoms with van der Waals surface area (Å²) in [6.07, 6.45) is -0.908. The van der Waals surface area contributed by atoms with Crippen LogP contribution in [0.1, 0.15) is 12.5 Å². The van der Waals surface area contributed by atoms with Crippen molar-refractivity contribution < 1.29 is 19.2 Å². The minimum Gasteiger partial charge on any atom is -0.493 e. The van der Waals surface area contributed by atoms with Crippen molar-refractivity contribution in [3.63, 3.8) is 0 Å². The van der Waals surface area contributed by atoms with Crippen LogP contribution in [-0.4, -0.2) is 24.0 Å². The van der Waals surface area contributed by atoms with E-state index in [-0.39, 0.29) is 11.4 Å². The lowest BCUT2D eigenvalue weighted by molar-refractivity contribution is -0.385. The van der Waals surface area contributed by atoms with Gasteiger partial charge in [0.2, 0.25) is 0 Å². The van der Waals surface area contributed by atoms with E-state index in [9.17, 15) is 14.9 Å². The molecule has 0 saturated carbocycles. The van der Waals surface area contributed by atoms with Crippen molar-refractivity contribution in [3.8, 4) is 11.5 Å². The lowest BCUT2D eigenvalue weighted by Crippen LogP contribution is -2.30. The molecule has 0 heterocycles. The van der Waals surface area contributed by atoms with Gasteiger partial charge in [0.1, 0.15) is 0 Å². The van der Waals surface area contributed by atoms with Crippen LogP contribution in [0.5, 0.6) is 11.5 Å². The van der Waals surface area contributed by atoms with Crippen LogP contribution in [-0.2, 0) is 4.79 Å². The van der Waals surface area contributed by atoms with Gasteiger partial charge >= 0.3 is 0 Å². The summed E-state index contributed by atoms with van der Waals surface area (Å²) >= 11 is 6.03. The number of ether oxygens (including phenoxy) is 2. The second-order valence-electron chi connectivity index (χ2n) is 5.25. The molecule has 2 rings (SSSR count). The minimum atomic E-state index is -0.908. The van der Waals surface area contributed by atoms with Crippen molar-refractivity contribution in [1.82, 2.24) is 0 Å². The summed E-state index contributed by atoms with van der Waals surface area (Å²) in [6, 6.07) is 9.10. The van der Waals surface area contributed by atoms with E-state index in [0.29, 0.717) is 16.5 Å². The van der Waals surface area contributed by atoms with Gasteiger partial charge in [0.15, 0.2) is 17.6 Å². The van der Waals surface area contributed by atoms with Crippen LogP contribution in [0.2, 0.25) is 5.02 Å². The maximum atomic E-state index is 12.3. The van der Waals surface area contributed by atoms with E-state index in [2.05, 4.69) is 5.32 Å². The van der Waals surface area contributed by atoms with Crippen molar-refractivity contribution in [2.24, 2.45) is 0 Å². The Kier molecular flexibility index (Phi) is 5.82. The summed E-state index contributed by atoms with van der Waals surface area (Å²) in [5.74, 6) is -0.00900. The quantitative estimate of drug-likeness (QED) is 0.618. The highest BCUT2D eigenvalue weighted by Gasteiger charge is 2.20. The first-order valence-electron chi connectivity index (χ1n) is 7.38. The molecule has 0 aliphatic carbocycles. The lowest BCUT2D eigenvalue weighted by atomic mass is 10.2. The molecule has 8 heteroatoms. The zero-order valence-corrected chi connectivity index (χ0v) is 14.7. The topological polar surface area (TPSA) is 90.7 Å². The fraction of sp³-hybridized carbons (Fsp3) is 0.235. The molecule has 0 aliphatic rings. The molecule has 2 aromatic carbocycles. The number of benzene rings is 2. The number of carbonyl (C=O) groups excluding carboxylic acids is 1. The Morgan fingerprint density at radius 1 is 1.28 bits per heavy atom. The highest BCUT2D eigenvalue weighted by Crippen LogP contribution is 2.32. The van der Waals surface area contributed by atoms with Crippen LogP contribution in [0, 0.1) is 17.0 Å². The number of methoxy groups -OCH3 is 1. The predicted octanol–water partition coefficient (Wildman–Crippen LogP) is 3.97. The third-order valence-corrected chi connectivity index (χ3v) is 3.97. The van der Waals surface area contributed by atoms with Crippen molar-refractivity contribution in [2.45, 2.75) is 20.0 Å². The number of nitro groups is 1. The summed E-state index contributed by atoms with van der Waals surface area (Å²) in [4.78, 5) is 22.7. The second kappa shape index (κ2) is 7.85. The van der Waals surface area contributed by atoms with Crippen LogP contribution in [0.4, 0.5) is 11.4 Å². The molecule has 0 spiro atoms. The van der Waals surface area contributed by atoms with Gasteiger partial charge < -0.3 is 14.8 Å². The third-order valence-electron chi connectivity index (χ3n) is 3.56. The van der Waals surface area contributed by atoms with Crippen LogP contribution < -0.4 is 14.8 Å². The molecule has 25 heavy (non-hydrogen) atoms. The van der Waals surface area contributed by atoms with Gasteiger partial charge in [-0.25, -0.2) is 0 Å². The molecule has 0 bridgehead atoms.